The summed E-state index contributed by atoms with van der Waals surface area (Å²) in [6, 6.07) is 4.60. The molecular formula is C13H13N3O3S2. The van der Waals surface area contributed by atoms with Crippen LogP contribution in [0, 0.1) is 6.92 Å². The Kier molecular flexibility index (Phi) is 3.31. The van der Waals surface area contributed by atoms with Crippen LogP contribution in [0.25, 0.3) is 0 Å². The van der Waals surface area contributed by atoms with Crippen LogP contribution in [0.1, 0.15) is 20.2 Å². The van der Waals surface area contributed by atoms with Crippen molar-refractivity contribution >= 4 is 33.0 Å². The molecular weight excluding hydrogens is 310 g/mol. The maximum atomic E-state index is 12.5. The molecule has 6 nitrogen and oxygen atoms in total. The minimum atomic E-state index is -3.72. The molecule has 3 rings (SSSR count). The van der Waals surface area contributed by atoms with Crippen molar-refractivity contribution in [3.8, 4) is 0 Å². The largest absolute Gasteiger partial charge is 0.307 e. The molecule has 0 spiro atoms. The first-order chi connectivity index (χ1) is 9.86. The Morgan fingerprint density at radius 1 is 1.43 bits per heavy atom. The van der Waals surface area contributed by atoms with E-state index in [1.165, 1.54) is 23.5 Å². The highest BCUT2D eigenvalue weighted by Crippen LogP contribution is 2.31. The fourth-order valence-corrected chi connectivity index (χ4v) is 3.65. The second kappa shape index (κ2) is 4.90. The average molecular weight is 323 g/mol. The molecule has 0 saturated heterocycles. The fraction of sp³-hybridized carbons (Fsp3) is 0.231. The molecule has 8 heteroatoms. The zero-order valence-electron chi connectivity index (χ0n) is 11.2. The van der Waals surface area contributed by atoms with Crippen molar-refractivity contribution in [1.29, 1.82) is 0 Å². The molecule has 2 N–H and O–H groups in total. The lowest BCUT2D eigenvalue weighted by Gasteiger charge is -2.16. The number of sulfonamides is 1. The Morgan fingerprint density at radius 3 is 2.81 bits per heavy atom. The predicted molar refractivity (Wildman–Crippen MR) is 80.0 cm³/mol. The van der Waals surface area contributed by atoms with Crippen LogP contribution < -0.4 is 10.0 Å². The second-order valence-corrected chi connectivity index (χ2v) is 7.58. The normalized spacial score (nSPS) is 14.3. The van der Waals surface area contributed by atoms with E-state index in [2.05, 4.69) is 4.98 Å². The van der Waals surface area contributed by atoms with Crippen LogP contribution in [0.15, 0.2) is 29.3 Å². The lowest BCUT2D eigenvalue weighted by molar-refractivity contribution is 0.0993. The Labute approximate surface area is 126 Å². The van der Waals surface area contributed by atoms with E-state index in [0.717, 1.165) is 16.3 Å². The minimum Gasteiger partial charge on any atom is -0.307 e. The quantitative estimate of drug-likeness (QED) is 0.901. The summed E-state index contributed by atoms with van der Waals surface area (Å²) in [6.07, 6.45) is 2.18. The molecule has 0 aliphatic carbocycles. The van der Waals surface area contributed by atoms with Crippen LogP contribution in [0.2, 0.25) is 0 Å². The molecule has 0 saturated carbocycles. The van der Waals surface area contributed by atoms with E-state index in [1.54, 1.807) is 17.2 Å². The predicted octanol–water partition coefficient (Wildman–Crippen LogP) is 1.30. The molecule has 2 heterocycles. The second-order valence-electron chi connectivity index (χ2n) is 4.79. The number of thiazole rings is 1. The molecule has 2 aromatic rings. The van der Waals surface area contributed by atoms with E-state index in [0.29, 0.717) is 17.8 Å². The van der Waals surface area contributed by atoms with Crippen molar-refractivity contribution in [1.82, 2.24) is 4.98 Å². The van der Waals surface area contributed by atoms with Gasteiger partial charge in [0.05, 0.1) is 16.1 Å². The summed E-state index contributed by atoms with van der Waals surface area (Å²) in [7, 11) is -3.72. The number of aromatic nitrogens is 1. The van der Waals surface area contributed by atoms with Gasteiger partial charge in [-0.3, -0.25) is 4.79 Å². The Balaban J connectivity index is 1.96. The summed E-state index contributed by atoms with van der Waals surface area (Å²) in [6.45, 7) is 2.37. The van der Waals surface area contributed by atoms with E-state index in [-0.39, 0.29) is 10.8 Å². The molecule has 0 bridgehead atoms. The molecule has 110 valence electrons. The number of carbonyl (C=O) groups is 1. The lowest BCUT2D eigenvalue weighted by atomic mass is 10.2. The van der Waals surface area contributed by atoms with Gasteiger partial charge >= 0.3 is 0 Å². The van der Waals surface area contributed by atoms with Gasteiger partial charge in [0, 0.05) is 12.2 Å². The number of nitrogens with two attached hydrogens (primary N) is 1. The third kappa shape index (κ3) is 2.57. The van der Waals surface area contributed by atoms with Crippen molar-refractivity contribution in [2.45, 2.75) is 18.2 Å². The van der Waals surface area contributed by atoms with Crippen LogP contribution in [0.4, 0.5) is 5.69 Å². The molecule has 0 fully saturated rings. The third-order valence-electron chi connectivity index (χ3n) is 3.35. The number of hydrogen-bond acceptors (Lipinski definition) is 5. The van der Waals surface area contributed by atoms with Gasteiger partial charge in [0.25, 0.3) is 5.91 Å². The number of amides is 1. The van der Waals surface area contributed by atoms with E-state index >= 15 is 0 Å². The number of aryl methyl sites for hydroxylation is 1. The summed E-state index contributed by atoms with van der Waals surface area (Å²) in [5.74, 6) is -0.109. The van der Waals surface area contributed by atoms with Gasteiger partial charge in [0.1, 0.15) is 4.88 Å². The van der Waals surface area contributed by atoms with Gasteiger partial charge < -0.3 is 4.90 Å². The number of anilines is 1. The maximum absolute atomic E-state index is 12.5. The monoisotopic (exact) mass is 323 g/mol. The van der Waals surface area contributed by atoms with Crippen molar-refractivity contribution in [2.75, 3.05) is 11.4 Å². The Morgan fingerprint density at radius 2 is 2.19 bits per heavy atom. The van der Waals surface area contributed by atoms with Gasteiger partial charge in [0.2, 0.25) is 10.0 Å². The zero-order valence-corrected chi connectivity index (χ0v) is 12.9. The van der Waals surface area contributed by atoms with Crippen molar-refractivity contribution in [2.24, 2.45) is 5.14 Å². The van der Waals surface area contributed by atoms with Crippen LogP contribution in [-0.4, -0.2) is 25.9 Å². The highest BCUT2D eigenvalue weighted by atomic mass is 32.2. The molecule has 1 amide bonds. The zero-order chi connectivity index (χ0) is 15.2. The molecule has 1 aromatic heterocycles. The Bertz CT molecular complexity index is 827. The van der Waals surface area contributed by atoms with Crippen molar-refractivity contribution < 1.29 is 13.2 Å². The first kappa shape index (κ1) is 14.2. The summed E-state index contributed by atoms with van der Waals surface area (Å²) in [5.41, 5.74) is 1.55. The van der Waals surface area contributed by atoms with Gasteiger partial charge in [0.15, 0.2) is 0 Å². The first-order valence-electron chi connectivity index (χ1n) is 6.26. The van der Waals surface area contributed by atoms with Gasteiger partial charge in [-0.05, 0) is 37.1 Å². The van der Waals surface area contributed by atoms with E-state index < -0.39 is 10.0 Å². The SMILES string of the molecule is Cc1ncc(C(=O)N2CCc3cc(S(N)(=O)=O)ccc32)s1. The first-order valence-corrected chi connectivity index (χ1v) is 8.62. The smallest absolute Gasteiger partial charge is 0.270 e. The molecule has 1 aliphatic heterocycles. The molecule has 1 aromatic carbocycles. The molecule has 1 aliphatic rings. The summed E-state index contributed by atoms with van der Waals surface area (Å²) < 4.78 is 22.7. The lowest BCUT2D eigenvalue weighted by Crippen LogP contribution is -2.28. The van der Waals surface area contributed by atoms with Gasteiger partial charge in [-0.25, -0.2) is 18.5 Å². The summed E-state index contributed by atoms with van der Waals surface area (Å²) >= 11 is 1.35. The van der Waals surface area contributed by atoms with Gasteiger partial charge in [-0.15, -0.1) is 11.3 Å². The summed E-state index contributed by atoms with van der Waals surface area (Å²) in [4.78, 5) is 18.8. The van der Waals surface area contributed by atoms with Crippen LogP contribution in [0.5, 0.6) is 0 Å². The molecule has 21 heavy (non-hydrogen) atoms. The van der Waals surface area contributed by atoms with Gasteiger partial charge in [-0.1, -0.05) is 0 Å². The highest BCUT2D eigenvalue weighted by Gasteiger charge is 2.27. The number of rotatable bonds is 2. The van der Waals surface area contributed by atoms with Crippen LogP contribution >= 0.6 is 11.3 Å². The average Bonchev–Trinajstić information content (AvgIpc) is 3.02. The fourth-order valence-electron chi connectivity index (χ4n) is 2.36. The number of benzene rings is 1. The van der Waals surface area contributed by atoms with Crippen LogP contribution in [-0.2, 0) is 16.4 Å². The standard InChI is InChI=1S/C13H13N3O3S2/c1-8-15-7-12(20-8)13(17)16-5-4-9-6-10(21(14,18)19)2-3-11(9)16/h2-3,6-7H,4-5H2,1H3,(H2,14,18,19). The van der Waals surface area contributed by atoms with E-state index in [9.17, 15) is 13.2 Å². The molecule has 0 radical (unpaired) electrons. The van der Waals surface area contributed by atoms with E-state index in [4.69, 9.17) is 5.14 Å². The molecule has 0 unspecified atom stereocenters. The third-order valence-corrected chi connectivity index (χ3v) is 5.16. The number of fused-ring (bicyclic) bond motifs is 1. The maximum Gasteiger partial charge on any atom is 0.270 e. The topological polar surface area (TPSA) is 93.4 Å². The highest BCUT2D eigenvalue weighted by molar-refractivity contribution is 7.89. The Hall–Kier alpha value is -1.77. The number of nitrogens with zero attached hydrogens (tertiary/aromatic N) is 2. The van der Waals surface area contributed by atoms with Crippen molar-refractivity contribution in [3.05, 3.63) is 39.8 Å². The number of primary sulfonamides is 1. The molecule has 0 atom stereocenters. The van der Waals surface area contributed by atoms with E-state index in [1.807, 2.05) is 6.92 Å². The summed E-state index contributed by atoms with van der Waals surface area (Å²) in [5, 5.41) is 5.96. The van der Waals surface area contributed by atoms with Gasteiger partial charge in [-0.2, -0.15) is 0 Å². The van der Waals surface area contributed by atoms with Crippen molar-refractivity contribution in [3.63, 3.8) is 0 Å². The number of carbonyl (C=O) groups excluding carboxylic acids is 1. The number of hydrogen-bond donors (Lipinski definition) is 1. The van der Waals surface area contributed by atoms with Crippen LogP contribution in [0.3, 0.4) is 0 Å². The minimum absolute atomic E-state index is 0.0733.